The number of hydrogen-bond donors (Lipinski definition) is 2. The fraction of sp³-hybridized carbons (Fsp3) is 0. The van der Waals surface area contributed by atoms with Gasteiger partial charge in [0.15, 0.2) is 0 Å². The summed E-state index contributed by atoms with van der Waals surface area (Å²) in [6.45, 7) is 0. The summed E-state index contributed by atoms with van der Waals surface area (Å²) in [5.74, 6) is -0.0352. The molecule has 2 heterocycles. The lowest BCUT2D eigenvalue weighted by molar-refractivity contribution is 1.04. The minimum atomic E-state index is -0.0352. The predicted molar refractivity (Wildman–Crippen MR) is 52.4 cm³/mol. The number of pyridine rings is 1. The summed E-state index contributed by atoms with van der Waals surface area (Å²) >= 11 is 0. The monoisotopic (exact) mass is 187 g/mol. The topological polar surface area (TPSA) is 80.6 Å². The van der Waals surface area contributed by atoms with Gasteiger partial charge in [-0.05, 0) is 12.1 Å². The number of rotatable bonds is 2. The van der Waals surface area contributed by atoms with Gasteiger partial charge in [0.05, 0.1) is 12.0 Å². The van der Waals surface area contributed by atoms with E-state index in [0.717, 1.165) is 5.69 Å². The van der Waals surface area contributed by atoms with Gasteiger partial charge in [0.25, 0.3) is 0 Å². The van der Waals surface area contributed by atoms with Crippen LogP contribution in [-0.4, -0.2) is 20.4 Å². The number of aromatic nitrogens is 3. The molecule has 0 aliphatic carbocycles. The highest BCUT2D eigenvalue weighted by molar-refractivity contribution is 5.93. The van der Waals surface area contributed by atoms with Gasteiger partial charge in [0.2, 0.25) is 0 Å². The van der Waals surface area contributed by atoms with E-state index in [1.165, 1.54) is 0 Å². The standard InChI is InChI=1S/C9H9N5/c10-9(11)8-5-7(1-2-13-8)14-4-3-12-6-14/h1-6H,(H3,10,11). The molecule has 0 amide bonds. The summed E-state index contributed by atoms with van der Waals surface area (Å²) in [6, 6.07) is 3.57. The fourth-order valence-electron chi connectivity index (χ4n) is 1.14. The molecule has 0 atom stereocenters. The summed E-state index contributed by atoms with van der Waals surface area (Å²) < 4.78 is 1.83. The van der Waals surface area contributed by atoms with Crippen LogP contribution < -0.4 is 5.73 Å². The number of amidine groups is 1. The van der Waals surface area contributed by atoms with Crippen molar-refractivity contribution in [3.63, 3.8) is 0 Å². The molecule has 0 bridgehead atoms. The summed E-state index contributed by atoms with van der Waals surface area (Å²) in [5.41, 5.74) is 6.69. The van der Waals surface area contributed by atoms with Crippen molar-refractivity contribution >= 4 is 5.84 Å². The van der Waals surface area contributed by atoms with E-state index in [9.17, 15) is 0 Å². The Hall–Kier alpha value is -2.17. The van der Waals surface area contributed by atoms with Crippen molar-refractivity contribution < 1.29 is 0 Å². The first-order chi connectivity index (χ1) is 6.77. The zero-order chi connectivity index (χ0) is 9.97. The van der Waals surface area contributed by atoms with E-state index in [1.807, 2.05) is 16.8 Å². The first-order valence-electron chi connectivity index (χ1n) is 4.06. The van der Waals surface area contributed by atoms with Gasteiger partial charge in [-0.3, -0.25) is 10.4 Å². The zero-order valence-electron chi connectivity index (χ0n) is 7.38. The van der Waals surface area contributed by atoms with Crippen molar-refractivity contribution in [3.8, 4) is 5.69 Å². The van der Waals surface area contributed by atoms with Gasteiger partial charge in [-0.15, -0.1) is 0 Å². The Morgan fingerprint density at radius 3 is 2.93 bits per heavy atom. The third-order valence-corrected chi connectivity index (χ3v) is 1.82. The first kappa shape index (κ1) is 8.43. The second-order valence-electron chi connectivity index (χ2n) is 2.78. The fourth-order valence-corrected chi connectivity index (χ4v) is 1.14. The van der Waals surface area contributed by atoms with Crippen molar-refractivity contribution in [1.29, 1.82) is 5.41 Å². The van der Waals surface area contributed by atoms with Crippen LogP contribution in [0.2, 0.25) is 0 Å². The third-order valence-electron chi connectivity index (χ3n) is 1.82. The molecule has 0 aliphatic rings. The molecule has 2 aromatic heterocycles. The number of hydrogen-bond acceptors (Lipinski definition) is 3. The van der Waals surface area contributed by atoms with Gasteiger partial charge < -0.3 is 10.3 Å². The molecule has 0 spiro atoms. The van der Waals surface area contributed by atoms with E-state index in [-0.39, 0.29) is 5.84 Å². The van der Waals surface area contributed by atoms with E-state index in [4.69, 9.17) is 11.1 Å². The van der Waals surface area contributed by atoms with Gasteiger partial charge >= 0.3 is 0 Å². The first-order valence-corrected chi connectivity index (χ1v) is 4.06. The van der Waals surface area contributed by atoms with E-state index < -0.39 is 0 Å². The summed E-state index contributed by atoms with van der Waals surface area (Å²) in [6.07, 6.45) is 6.80. The summed E-state index contributed by atoms with van der Waals surface area (Å²) in [7, 11) is 0. The van der Waals surface area contributed by atoms with Crippen LogP contribution in [0.4, 0.5) is 0 Å². The number of nitrogens with one attached hydrogen (secondary N) is 1. The van der Waals surface area contributed by atoms with Crippen molar-refractivity contribution in [3.05, 3.63) is 42.7 Å². The lowest BCUT2D eigenvalue weighted by Crippen LogP contribution is -2.13. The molecule has 70 valence electrons. The van der Waals surface area contributed by atoms with Crippen molar-refractivity contribution in [2.45, 2.75) is 0 Å². The third kappa shape index (κ3) is 1.47. The Morgan fingerprint density at radius 1 is 1.43 bits per heavy atom. The largest absolute Gasteiger partial charge is 0.382 e. The van der Waals surface area contributed by atoms with Crippen LogP contribution in [-0.2, 0) is 0 Å². The smallest absolute Gasteiger partial charge is 0.141 e. The molecule has 0 radical (unpaired) electrons. The number of nitrogens with zero attached hydrogens (tertiary/aromatic N) is 3. The van der Waals surface area contributed by atoms with E-state index in [1.54, 1.807) is 24.8 Å². The molecule has 0 saturated heterocycles. The van der Waals surface area contributed by atoms with E-state index in [0.29, 0.717) is 5.69 Å². The maximum atomic E-state index is 7.25. The van der Waals surface area contributed by atoms with Crippen LogP contribution in [0.5, 0.6) is 0 Å². The molecule has 0 unspecified atom stereocenters. The molecule has 0 aliphatic heterocycles. The normalized spacial score (nSPS) is 10.0. The minimum Gasteiger partial charge on any atom is -0.382 e. The molecule has 3 N–H and O–H groups in total. The Morgan fingerprint density at radius 2 is 2.29 bits per heavy atom. The highest BCUT2D eigenvalue weighted by Crippen LogP contribution is 2.06. The van der Waals surface area contributed by atoms with Gasteiger partial charge in [-0.2, -0.15) is 0 Å². The van der Waals surface area contributed by atoms with Crippen LogP contribution in [0.1, 0.15) is 5.69 Å². The minimum absolute atomic E-state index is 0.0352. The summed E-state index contributed by atoms with van der Waals surface area (Å²) in [4.78, 5) is 7.90. The van der Waals surface area contributed by atoms with Crippen molar-refractivity contribution in [2.75, 3.05) is 0 Å². The lowest BCUT2D eigenvalue weighted by atomic mass is 10.3. The Labute approximate surface area is 80.7 Å². The van der Waals surface area contributed by atoms with Gasteiger partial charge in [-0.1, -0.05) is 0 Å². The van der Waals surface area contributed by atoms with Gasteiger partial charge in [0, 0.05) is 18.6 Å². The molecular weight excluding hydrogens is 178 g/mol. The van der Waals surface area contributed by atoms with Crippen LogP contribution >= 0.6 is 0 Å². The van der Waals surface area contributed by atoms with E-state index >= 15 is 0 Å². The highest BCUT2D eigenvalue weighted by Gasteiger charge is 2.00. The quantitative estimate of drug-likeness (QED) is 0.532. The maximum absolute atomic E-state index is 7.25. The molecule has 2 rings (SSSR count). The molecular formula is C9H9N5. The lowest BCUT2D eigenvalue weighted by Gasteiger charge is -2.03. The van der Waals surface area contributed by atoms with Crippen LogP contribution in [0, 0.1) is 5.41 Å². The predicted octanol–water partition coefficient (Wildman–Crippen LogP) is 0.551. The number of nitrogens with two attached hydrogens (primary N) is 1. The van der Waals surface area contributed by atoms with Crippen molar-refractivity contribution in [2.24, 2.45) is 5.73 Å². The Kier molecular flexibility index (Phi) is 1.98. The SMILES string of the molecule is N=C(N)c1cc(-n2ccnc2)ccn1. The molecule has 0 saturated carbocycles. The number of imidazole rings is 1. The number of nitrogen functional groups attached to an aromatic ring is 1. The molecule has 5 nitrogen and oxygen atoms in total. The van der Waals surface area contributed by atoms with E-state index in [2.05, 4.69) is 9.97 Å². The molecule has 14 heavy (non-hydrogen) atoms. The second-order valence-corrected chi connectivity index (χ2v) is 2.78. The second kappa shape index (κ2) is 3.29. The van der Waals surface area contributed by atoms with Gasteiger partial charge in [0.1, 0.15) is 11.5 Å². The zero-order valence-corrected chi connectivity index (χ0v) is 7.38. The average Bonchev–Trinajstić information content (AvgIpc) is 2.71. The van der Waals surface area contributed by atoms with Crippen LogP contribution in [0.3, 0.4) is 0 Å². The van der Waals surface area contributed by atoms with Crippen LogP contribution in [0.15, 0.2) is 37.1 Å². The highest BCUT2D eigenvalue weighted by atomic mass is 15.0. The maximum Gasteiger partial charge on any atom is 0.141 e. The average molecular weight is 187 g/mol. The molecule has 2 aromatic rings. The van der Waals surface area contributed by atoms with Crippen molar-refractivity contribution in [1.82, 2.24) is 14.5 Å². The molecule has 0 aromatic carbocycles. The van der Waals surface area contributed by atoms with Crippen LogP contribution in [0.25, 0.3) is 5.69 Å². The Balaban J connectivity index is 2.46. The summed E-state index contributed by atoms with van der Waals surface area (Å²) in [5, 5.41) is 7.25. The molecule has 5 heteroatoms. The van der Waals surface area contributed by atoms with Gasteiger partial charge in [-0.25, -0.2) is 4.98 Å². The molecule has 0 fully saturated rings. The Bertz CT molecular complexity index is 446.